The maximum absolute atomic E-state index is 13.4. The monoisotopic (exact) mass is 455 g/mol. The first-order chi connectivity index (χ1) is 16.5. The number of carbonyl (C=O) groups excluding carboxylic acids is 2. The van der Waals surface area contributed by atoms with Crippen LogP contribution in [-0.2, 0) is 11.3 Å². The molecule has 0 radical (unpaired) electrons. The molecule has 1 saturated heterocycles. The summed E-state index contributed by atoms with van der Waals surface area (Å²) in [6.07, 6.45) is 1.62. The van der Waals surface area contributed by atoms with Gasteiger partial charge in [0, 0.05) is 31.0 Å². The summed E-state index contributed by atoms with van der Waals surface area (Å²) in [7, 11) is 0. The number of carbonyl (C=O) groups is 2. The molecule has 1 heterocycles. The van der Waals surface area contributed by atoms with Crippen molar-refractivity contribution in [1.82, 2.24) is 4.90 Å². The van der Waals surface area contributed by atoms with Gasteiger partial charge < -0.3 is 10.2 Å². The van der Waals surface area contributed by atoms with E-state index in [0.29, 0.717) is 25.2 Å². The second-order valence-corrected chi connectivity index (χ2v) is 9.05. The zero-order valence-electron chi connectivity index (χ0n) is 20.3. The van der Waals surface area contributed by atoms with Crippen LogP contribution in [0.3, 0.4) is 0 Å². The third-order valence-corrected chi connectivity index (χ3v) is 6.53. The van der Waals surface area contributed by atoms with Crippen molar-refractivity contribution in [1.29, 1.82) is 0 Å². The highest BCUT2D eigenvalue weighted by molar-refractivity contribution is 5.97. The van der Waals surface area contributed by atoms with Crippen LogP contribution in [0.15, 0.2) is 72.8 Å². The van der Waals surface area contributed by atoms with Gasteiger partial charge >= 0.3 is 6.03 Å². The van der Waals surface area contributed by atoms with E-state index in [1.807, 2.05) is 71.3 Å². The molecule has 0 bridgehead atoms. The number of urea groups is 1. The fourth-order valence-electron chi connectivity index (χ4n) is 4.58. The maximum atomic E-state index is 13.4. The van der Waals surface area contributed by atoms with Gasteiger partial charge in [-0.05, 0) is 61.6 Å². The maximum Gasteiger partial charge on any atom is 0.324 e. The Kier molecular flexibility index (Phi) is 7.31. The Balaban J connectivity index is 1.48. The summed E-state index contributed by atoms with van der Waals surface area (Å²) in [4.78, 5) is 30.1. The van der Waals surface area contributed by atoms with Crippen molar-refractivity contribution in [2.75, 3.05) is 23.3 Å². The third-order valence-electron chi connectivity index (χ3n) is 6.53. The lowest BCUT2D eigenvalue weighted by atomic mass is 9.95. The molecule has 1 unspecified atom stereocenters. The summed E-state index contributed by atoms with van der Waals surface area (Å²) < 4.78 is 0. The van der Waals surface area contributed by atoms with Gasteiger partial charge in [0.15, 0.2) is 0 Å². The van der Waals surface area contributed by atoms with Gasteiger partial charge in [-0.25, -0.2) is 4.79 Å². The van der Waals surface area contributed by atoms with Crippen LogP contribution in [0.25, 0.3) is 0 Å². The van der Waals surface area contributed by atoms with Crippen molar-refractivity contribution in [2.24, 2.45) is 0 Å². The first-order valence-electron chi connectivity index (χ1n) is 12.0. The second-order valence-electron chi connectivity index (χ2n) is 9.05. The van der Waals surface area contributed by atoms with E-state index in [1.54, 1.807) is 0 Å². The van der Waals surface area contributed by atoms with E-state index in [-0.39, 0.29) is 17.9 Å². The van der Waals surface area contributed by atoms with Gasteiger partial charge in [0.25, 0.3) is 0 Å². The molecule has 1 aliphatic heterocycles. The number of anilines is 2. The van der Waals surface area contributed by atoms with Gasteiger partial charge in [0.1, 0.15) is 0 Å². The summed E-state index contributed by atoms with van der Waals surface area (Å²) in [5, 5.41) is 3.06. The average Bonchev–Trinajstić information content (AvgIpc) is 2.84. The SMILES string of the molecule is CCC(C(=O)Nc1cccc(N2CCCN(Cc3cc(C)ccc3C)C2=O)c1)c1ccccc1. The standard InChI is InChI=1S/C29H33N3O2/c1-4-27(23-10-6-5-7-11-23)28(33)30-25-12-8-13-26(19-25)32-17-9-16-31(29(32)34)20-24-18-21(2)14-15-22(24)3/h5-8,10-15,18-19,27H,4,9,16-17,20H2,1-3H3,(H,30,33). The highest BCUT2D eigenvalue weighted by Gasteiger charge is 2.27. The predicted octanol–water partition coefficient (Wildman–Crippen LogP) is 6.27. The Morgan fingerprint density at radius 3 is 2.53 bits per heavy atom. The highest BCUT2D eigenvalue weighted by atomic mass is 16.2. The molecule has 1 fully saturated rings. The summed E-state index contributed by atoms with van der Waals surface area (Å²) in [6.45, 7) is 8.20. The minimum Gasteiger partial charge on any atom is -0.325 e. The number of amides is 3. The lowest BCUT2D eigenvalue weighted by Gasteiger charge is -2.36. The van der Waals surface area contributed by atoms with Crippen LogP contribution in [0, 0.1) is 13.8 Å². The zero-order chi connectivity index (χ0) is 24.1. The summed E-state index contributed by atoms with van der Waals surface area (Å²) in [6, 6.07) is 23.8. The Bertz CT molecular complexity index is 1160. The smallest absolute Gasteiger partial charge is 0.324 e. The van der Waals surface area contributed by atoms with Crippen molar-refractivity contribution in [3.8, 4) is 0 Å². The normalized spacial score (nSPS) is 14.7. The third kappa shape index (κ3) is 5.30. The fourth-order valence-corrected chi connectivity index (χ4v) is 4.58. The molecule has 5 heteroatoms. The molecule has 3 amide bonds. The van der Waals surface area contributed by atoms with E-state index >= 15 is 0 Å². The van der Waals surface area contributed by atoms with E-state index < -0.39 is 0 Å². The molecule has 5 nitrogen and oxygen atoms in total. The molecule has 1 atom stereocenters. The molecule has 0 aliphatic carbocycles. The van der Waals surface area contributed by atoms with Crippen LogP contribution in [0.2, 0.25) is 0 Å². The summed E-state index contributed by atoms with van der Waals surface area (Å²) >= 11 is 0. The Morgan fingerprint density at radius 2 is 1.76 bits per heavy atom. The number of nitrogens with one attached hydrogen (secondary N) is 1. The van der Waals surface area contributed by atoms with Crippen LogP contribution in [-0.4, -0.2) is 29.9 Å². The van der Waals surface area contributed by atoms with Crippen molar-refractivity contribution in [3.63, 3.8) is 0 Å². The van der Waals surface area contributed by atoms with Crippen molar-refractivity contribution >= 4 is 23.3 Å². The van der Waals surface area contributed by atoms with Crippen LogP contribution in [0.5, 0.6) is 0 Å². The van der Waals surface area contributed by atoms with Crippen LogP contribution >= 0.6 is 0 Å². The molecule has 0 spiro atoms. The second kappa shape index (κ2) is 10.6. The van der Waals surface area contributed by atoms with Crippen molar-refractivity contribution in [2.45, 2.75) is 46.1 Å². The van der Waals surface area contributed by atoms with E-state index in [1.165, 1.54) is 16.7 Å². The zero-order valence-corrected chi connectivity index (χ0v) is 20.3. The molecule has 0 saturated carbocycles. The van der Waals surface area contributed by atoms with E-state index in [4.69, 9.17) is 0 Å². The number of rotatable bonds is 7. The number of nitrogens with zero attached hydrogens (tertiary/aromatic N) is 2. The number of aryl methyl sites for hydroxylation is 2. The van der Waals surface area contributed by atoms with Crippen LogP contribution < -0.4 is 10.2 Å². The minimum atomic E-state index is -0.213. The lowest BCUT2D eigenvalue weighted by Crippen LogP contribution is -2.49. The van der Waals surface area contributed by atoms with Gasteiger partial charge in [-0.2, -0.15) is 0 Å². The highest BCUT2D eigenvalue weighted by Crippen LogP contribution is 2.27. The molecule has 1 aliphatic rings. The van der Waals surface area contributed by atoms with Gasteiger partial charge in [-0.3, -0.25) is 9.69 Å². The summed E-state index contributed by atoms with van der Waals surface area (Å²) in [5.41, 5.74) is 6.10. The molecule has 4 rings (SSSR count). The quantitative estimate of drug-likeness (QED) is 0.457. The molecular formula is C29H33N3O2. The predicted molar refractivity (Wildman–Crippen MR) is 138 cm³/mol. The fraction of sp³-hybridized carbons (Fsp3) is 0.310. The molecule has 34 heavy (non-hydrogen) atoms. The first-order valence-corrected chi connectivity index (χ1v) is 12.0. The molecule has 0 aromatic heterocycles. The largest absolute Gasteiger partial charge is 0.325 e. The van der Waals surface area contributed by atoms with E-state index in [9.17, 15) is 9.59 Å². The Labute approximate surface area is 202 Å². The molecule has 3 aromatic rings. The Morgan fingerprint density at radius 1 is 0.971 bits per heavy atom. The van der Waals surface area contributed by atoms with Gasteiger partial charge in [-0.1, -0.05) is 67.1 Å². The molecule has 3 aromatic carbocycles. The lowest BCUT2D eigenvalue weighted by molar-refractivity contribution is -0.117. The molecule has 176 valence electrons. The Hall–Kier alpha value is -3.60. The van der Waals surface area contributed by atoms with Gasteiger partial charge in [0.2, 0.25) is 5.91 Å². The minimum absolute atomic E-state index is 0.00588. The molecular weight excluding hydrogens is 422 g/mol. The van der Waals surface area contributed by atoms with Gasteiger partial charge in [-0.15, -0.1) is 0 Å². The first kappa shape index (κ1) is 23.6. The topological polar surface area (TPSA) is 52.7 Å². The summed E-state index contributed by atoms with van der Waals surface area (Å²) in [5.74, 6) is -0.248. The van der Waals surface area contributed by atoms with E-state index in [2.05, 4.69) is 37.4 Å². The van der Waals surface area contributed by atoms with Gasteiger partial charge in [0.05, 0.1) is 5.92 Å². The van der Waals surface area contributed by atoms with Crippen molar-refractivity contribution in [3.05, 3.63) is 95.1 Å². The van der Waals surface area contributed by atoms with Crippen molar-refractivity contribution < 1.29 is 9.59 Å². The van der Waals surface area contributed by atoms with Crippen LogP contribution in [0.1, 0.15) is 47.9 Å². The van der Waals surface area contributed by atoms with E-state index in [0.717, 1.165) is 24.2 Å². The van der Waals surface area contributed by atoms with Crippen LogP contribution in [0.4, 0.5) is 16.2 Å². The average molecular weight is 456 g/mol. The molecule has 1 N–H and O–H groups in total. The number of hydrogen-bond acceptors (Lipinski definition) is 2. The number of hydrogen-bond donors (Lipinski definition) is 1. The number of benzene rings is 3.